The first-order valence-electron chi connectivity index (χ1n) is 9.54. The zero-order valence-electron chi connectivity index (χ0n) is 17.4. The van der Waals surface area contributed by atoms with Gasteiger partial charge < -0.3 is 15.7 Å². The van der Waals surface area contributed by atoms with Crippen LogP contribution in [0.5, 0.6) is 0 Å². The molecule has 160 valence electrons. The Morgan fingerprint density at radius 1 is 1.03 bits per heavy atom. The summed E-state index contributed by atoms with van der Waals surface area (Å²) in [5, 5.41) is 15.2. The number of nitrogens with one attached hydrogen (secondary N) is 2. The summed E-state index contributed by atoms with van der Waals surface area (Å²) in [6.07, 6.45) is -0.931. The fourth-order valence-electron chi connectivity index (χ4n) is 3.16. The van der Waals surface area contributed by atoms with Crippen LogP contribution < -0.4 is 10.6 Å². The highest BCUT2D eigenvalue weighted by Gasteiger charge is 2.36. The smallest absolute Gasteiger partial charge is 0.408 e. The van der Waals surface area contributed by atoms with Crippen molar-refractivity contribution in [1.82, 2.24) is 4.90 Å². The Morgan fingerprint density at radius 2 is 1.67 bits per heavy atom. The molecule has 0 bridgehead atoms. The molecule has 0 aliphatic heterocycles. The van der Waals surface area contributed by atoms with Gasteiger partial charge in [-0.2, -0.15) is 0 Å². The minimum Gasteiger partial charge on any atom is -0.465 e. The molecule has 0 fully saturated rings. The molecular formula is C22H26ClN3O4. The lowest BCUT2D eigenvalue weighted by Gasteiger charge is -2.38. The van der Waals surface area contributed by atoms with E-state index in [9.17, 15) is 19.5 Å². The molecule has 0 aromatic heterocycles. The number of para-hydroxylation sites is 1. The number of carbonyl (C=O) groups excluding carboxylic acids is 2. The van der Waals surface area contributed by atoms with E-state index in [1.54, 1.807) is 70.2 Å². The summed E-state index contributed by atoms with van der Waals surface area (Å²) in [5.41, 5.74) is 0.101. The summed E-state index contributed by atoms with van der Waals surface area (Å²) >= 11 is 6.26. The molecule has 0 saturated heterocycles. The van der Waals surface area contributed by atoms with Crippen LogP contribution in [0, 0.1) is 0 Å². The minimum absolute atomic E-state index is 0.101. The Balaban J connectivity index is 2.33. The second-order valence-electron chi connectivity index (χ2n) is 7.72. The van der Waals surface area contributed by atoms with Gasteiger partial charge >= 0.3 is 6.09 Å². The highest BCUT2D eigenvalue weighted by atomic mass is 35.5. The lowest BCUT2D eigenvalue weighted by Crippen LogP contribution is -2.55. The number of rotatable bonds is 6. The molecule has 0 aliphatic carbocycles. The second-order valence-corrected chi connectivity index (χ2v) is 8.13. The van der Waals surface area contributed by atoms with E-state index in [2.05, 4.69) is 10.6 Å². The Kier molecular flexibility index (Phi) is 7.45. The molecule has 2 aromatic carbocycles. The molecule has 1 atom stereocenters. The summed E-state index contributed by atoms with van der Waals surface area (Å²) in [7, 11) is 0. The van der Waals surface area contributed by atoms with Crippen molar-refractivity contribution in [2.75, 3.05) is 10.6 Å². The van der Waals surface area contributed by atoms with Gasteiger partial charge in [-0.1, -0.05) is 42.8 Å². The number of anilines is 2. The molecular weight excluding hydrogens is 406 g/mol. The van der Waals surface area contributed by atoms with Gasteiger partial charge in [-0.25, -0.2) is 4.79 Å². The molecule has 0 saturated carbocycles. The Morgan fingerprint density at radius 3 is 2.20 bits per heavy atom. The van der Waals surface area contributed by atoms with Gasteiger partial charge in [0.1, 0.15) is 6.04 Å². The number of halogens is 1. The van der Waals surface area contributed by atoms with Gasteiger partial charge in [-0.15, -0.1) is 0 Å². The number of benzene rings is 2. The van der Waals surface area contributed by atoms with Crippen LogP contribution in [-0.2, 0) is 4.79 Å². The van der Waals surface area contributed by atoms with Gasteiger partial charge in [-0.05, 0) is 51.5 Å². The molecule has 30 heavy (non-hydrogen) atoms. The van der Waals surface area contributed by atoms with Crippen LogP contribution in [0.15, 0.2) is 48.5 Å². The van der Waals surface area contributed by atoms with Crippen LogP contribution in [0.4, 0.5) is 16.2 Å². The fraction of sp³-hybridized carbons (Fsp3) is 0.318. The molecule has 0 aliphatic rings. The lowest BCUT2D eigenvalue weighted by molar-refractivity contribution is -0.122. The molecule has 2 rings (SSSR count). The molecule has 7 nitrogen and oxygen atoms in total. The number of hydrogen-bond acceptors (Lipinski definition) is 3. The van der Waals surface area contributed by atoms with E-state index in [0.717, 1.165) is 4.90 Å². The van der Waals surface area contributed by atoms with Crippen molar-refractivity contribution in [1.29, 1.82) is 0 Å². The zero-order valence-corrected chi connectivity index (χ0v) is 18.2. The van der Waals surface area contributed by atoms with Crippen LogP contribution in [-0.4, -0.2) is 39.5 Å². The summed E-state index contributed by atoms with van der Waals surface area (Å²) in [4.78, 5) is 38.7. The second kappa shape index (κ2) is 9.63. The number of carboxylic acid groups (broad SMARTS) is 1. The maximum Gasteiger partial charge on any atom is 0.408 e. The molecule has 3 amide bonds. The number of carbonyl (C=O) groups is 3. The molecule has 0 heterocycles. The van der Waals surface area contributed by atoms with E-state index in [1.807, 2.05) is 6.07 Å². The first-order chi connectivity index (χ1) is 14.1. The van der Waals surface area contributed by atoms with Crippen LogP contribution in [0.3, 0.4) is 0 Å². The summed E-state index contributed by atoms with van der Waals surface area (Å²) < 4.78 is 0. The highest BCUT2D eigenvalue weighted by Crippen LogP contribution is 2.27. The van der Waals surface area contributed by atoms with E-state index in [0.29, 0.717) is 5.69 Å². The van der Waals surface area contributed by atoms with E-state index in [4.69, 9.17) is 11.6 Å². The third-order valence-electron chi connectivity index (χ3n) is 4.46. The topological polar surface area (TPSA) is 98.7 Å². The molecule has 1 unspecified atom stereocenters. The van der Waals surface area contributed by atoms with Crippen molar-refractivity contribution < 1.29 is 19.5 Å². The molecule has 3 N–H and O–H groups in total. The molecule has 8 heteroatoms. The van der Waals surface area contributed by atoms with Crippen LogP contribution in [0.2, 0.25) is 5.02 Å². The van der Waals surface area contributed by atoms with Gasteiger partial charge in [0, 0.05) is 11.2 Å². The maximum atomic E-state index is 13.0. The Labute approximate surface area is 181 Å². The van der Waals surface area contributed by atoms with Gasteiger partial charge in [-0.3, -0.25) is 14.5 Å². The van der Waals surface area contributed by atoms with Crippen molar-refractivity contribution in [3.63, 3.8) is 0 Å². The first-order valence-corrected chi connectivity index (χ1v) is 9.92. The number of nitrogens with zero attached hydrogens (tertiary/aromatic N) is 1. The number of hydrogen-bond donors (Lipinski definition) is 3. The van der Waals surface area contributed by atoms with Crippen molar-refractivity contribution in [3.8, 4) is 0 Å². The highest BCUT2D eigenvalue weighted by molar-refractivity contribution is 6.35. The van der Waals surface area contributed by atoms with Gasteiger partial charge in [0.15, 0.2) is 0 Å². The molecule has 0 radical (unpaired) electrons. The van der Waals surface area contributed by atoms with Gasteiger partial charge in [0.05, 0.1) is 16.3 Å². The third-order valence-corrected chi connectivity index (χ3v) is 4.77. The average Bonchev–Trinajstić information content (AvgIpc) is 2.65. The van der Waals surface area contributed by atoms with E-state index in [-0.39, 0.29) is 22.7 Å². The predicted molar refractivity (Wildman–Crippen MR) is 118 cm³/mol. The monoisotopic (exact) mass is 431 g/mol. The standard InChI is InChI=1S/C22H26ClN3O4/c1-5-17(26(21(29)30)22(2,3)4)19(27)25-16-13-9-12-15(23)18(16)20(28)24-14-10-7-6-8-11-14/h6-13,17H,5H2,1-4H3,(H,24,28)(H,25,27)(H,29,30). The van der Waals surface area contributed by atoms with Gasteiger partial charge in [0.2, 0.25) is 5.91 Å². The lowest BCUT2D eigenvalue weighted by atomic mass is 10.0. The predicted octanol–water partition coefficient (Wildman–Crippen LogP) is 5.09. The largest absolute Gasteiger partial charge is 0.465 e. The Bertz CT molecular complexity index is 926. The quantitative estimate of drug-likeness (QED) is 0.593. The van der Waals surface area contributed by atoms with Crippen molar-refractivity contribution >= 4 is 40.9 Å². The summed E-state index contributed by atoms with van der Waals surface area (Å²) in [5.74, 6) is -1.02. The van der Waals surface area contributed by atoms with E-state index >= 15 is 0 Å². The normalized spacial score (nSPS) is 12.0. The Hall–Kier alpha value is -3.06. The van der Waals surface area contributed by atoms with Crippen molar-refractivity contribution in [2.45, 2.75) is 45.7 Å². The third kappa shape index (κ3) is 5.51. The summed E-state index contributed by atoms with van der Waals surface area (Å²) in [6.45, 7) is 6.88. The fourth-order valence-corrected chi connectivity index (χ4v) is 3.42. The molecule has 0 spiro atoms. The van der Waals surface area contributed by atoms with Crippen LogP contribution >= 0.6 is 11.6 Å². The molecule has 2 aromatic rings. The van der Waals surface area contributed by atoms with Crippen LogP contribution in [0.25, 0.3) is 0 Å². The number of amides is 3. The van der Waals surface area contributed by atoms with Crippen LogP contribution in [0.1, 0.15) is 44.5 Å². The van der Waals surface area contributed by atoms with Gasteiger partial charge in [0.25, 0.3) is 5.91 Å². The SMILES string of the molecule is CCC(C(=O)Nc1cccc(Cl)c1C(=O)Nc1ccccc1)N(C(=O)O)C(C)(C)C. The minimum atomic E-state index is -1.20. The van der Waals surface area contributed by atoms with Crippen molar-refractivity contribution in [2.24, 2.45) is 0 Å². The van der Waals surface area contributed by atoms with E-state index < -0.39 is 29.5 Å². The maximum absolute atomic E-state index is 13.0. The zero-order chi connectivity index (χ0) is 22.5. The summed E-state index contributed by atoms with van der Waals surface area (Å²) in [6, 6.07) is 12.6. The van der Waals surface area contributed by atoms with E-state index in [1.165, 1.54) is 0 Å². The first kappa shape index (κ1) is 23.2. The van der Waals surface area contributed by atoms with Crippen molar-refractivity contribution in [3.05, 3.63) is 59.1 Å². The average molecular weight is 432 g/mol.